The fourth-order valence-electron chi connectivity index (χ4n) is 3.69. The van der Waals surface area contributed by atoms with Gasteiger partial charge in [0.1, 0.15) is 11.5 Å². The number of hydrogen-bond donors (Lipinski definition) is 0. The molecule has 0 amide bonds. The number of fused-ring (bicyclic) bond motifs is 1. The predicted molar refractivity (Wildman–Crippen MR) is 77.1 cm³/mol. The van der Waals surface area contributed by atoms with Gasteiger partial charge in [-0.3, -0.25) is 9.80 Å². The van der Waals surface area contributed by atoms with Gasteiger partial charge in [-0.25, -0.2) is 0 Å². The van der Waals surface area contributed by atoms with Crippen molar-refractivity contribution in [1.29, 1.82) is 0 Å². The first kappa shape index (κ1) is 13.2. The Balaban J connectivity index is 1.73. The molecular weight excluding hydrogens is 236 g/mol. The number of piperazine rings is 1. The molecular formula is C16H26N2O. The van der Waals surface area contributed by atoms with Crippen molar-refractivity contribution in [2.45, 2.75) is 52.2 Å². The van der Waals surface area contributed by atoms with Gasteiger partial charge in [-0.1, -0.05) is 13.8 Å². The minimum absolute atomic E-state index is 0.666. The fourth-order valence-corrected chi connectivity index (χ4v) is 3.69. The summed E-state index contributed by atoms with van der Waals surface area (Å²) in [6, 6.07) is 5.66. The fraction of sp³-hybridized carbons (Fsp3) is 0.750. The number of furan rings is 1. The summed E-state index contributed by atoms with van der Waals surface area (Å²) in [7, 11) is 0. The third-order valence-corrected chi connectivity index (χ3v) is 4.76. The van der Waals surface area contributed by atoms with Crippen LogP contribution in [0.4, 0.5) is 0 Å². The zero-order valence-corrected chi connectivity index (χ0v) is 12.4. The second kappa shape index (κ2) is 5.29. The Hall–Kier alpha value is -0.800. The number of aryl methyl sites for hydroxylation is 1. The van der Waals surface area contributed by atoms with Crippen LogP contribution in [0.25, 0.3) is 0 Å². The van der Waals surface area contributed by atoms with Crippen LogP contribution >= 0.6 is 0 Å². The van der Waals surface area contributed by atoms with E-state index in [4.69, 9.17) is 4.42 Å². The minimum Gasteiger partial charge on any atom is -0.465 e. The van der Waals surface area contributed by atoms with E-state index < -0.39 is 0 Å². The van der Waals surface area contributed by atoms with Gasteiger partial charge >= 0.3 is 0 Å². The van der Waals surface area contributed by atoms with E-state index >= 15 is 0 Å². The Morgan fingerprint density at radius 2 is 2.16 bits per heavy atom. The van der Waals surface area contributed by atoms with E-state index in [1.165, 1.54) is 32.5 Å². The Labute approximate surface area is 116 Å². The molecule has 2 unspecified atom stereocenters. The highest BCUT2D eigenvalue weighted by atomic mass is 16.3. The molecule has 0 saturated carbocycles. The predicted octanol–water partition coefficient (Wildman–Crippen LogP) is 2.89. The van der Waals surface area contributed by atoms with E-state index in [0.29, 0.717) is 12.0 Å². The van der Waals surface area contributed by atoms with Crippen molar-refractivity contribution in [3.05, 3.63) is 23.7 Å². The molecule has 2 aliphatic heterocycles. The molecule has 0 N–H and O–H groups in total. The van der Waals surface area contributed by atoms with Crippen LogP contribution < -0.4 is 0 Å². The van der Waals surface area contributed by atoms with Gasteiger partial charge in [0.2, 0.25) is 0 Å². The molecule has 0 spiro atoms. The van der Waals surface area contributed by atoms with Crippen molar-refractivity contribution in [2.75, 3.05) is 19.6 Å². The SMILES string of the molecule is Cc1ccc(CN2CC3CCCN3CC2C(C)C)o1. The minimum atomic E-state index is 0.666. The molecule has 3 heterocycles. The van der Waals surface area contributed by atoms with Gasteiger partial charge in [0.15, 0.2) is 0 Å². The largest absolute Gasteiger partial charge is 0.465 e. The van der Waals surface area contributed by atoms with Crippen LogP contribution in [0.3, 0.4) is 0 Å². The van der Waals surface area contributed by atoms with E-state index in [9.17, 15) is 0 Å². The second-order valence-electron chi connectivity index (χ2n) is 6.54. The first-order valence-electron chi connectivity index (χ1n) is 7.67. The topological polar surface area (TPSA) is 19.6 Å². The molecule has 3 nitrogen and oxygen atoms in total. The summed E-state index contributed by atoms with van der Waals surface area (Å²) >= 11 is 0. The average Bonchev–Trinajstić information content (AvgIpc) is 2.96. The molecule has 0 aliphatic carbocycles. The molecule has 0 aromatic carbocycles. The van der Waals surface area contributed by atoms with Gasteiger partial charge in [-0.15, -0.1) is 0 Å². The quantitative estimate of drug-likeness (QED) is 0.835. The monoisotopic (exact) mass is 262 g/mol. The zero-order chi connectivity index (χ0) is 13.4. The second-order valence-corrected chi connectivity index (χ2v) is 6.54. The van der Waals surface area contributed by atoms with Crippen LogP contribution in [0.15, 0.2) is 16.5 Å². The van der Waals surface area contributed by atoms with E-state index in [1.807, 2.05) is 6.92 Å². The van der Waals surface area contributed by atoms with Crippen molar-refractivity contribution in [2.24, 2.45) is 5.92 Å². The molecule has 19 heavy (non-hydrogen) atoms. The molecule has 3 heteroatoms. The summed E-state index contributed by atoms with van der Waals surface area (Å²) in [5.74, 6) is 2.85. The first-order valence-corrected chi connectivity index (χ1v) is 7.67. The Bertz CT molecular complexity index is 426. The normalized spacial score (nSPS) is 29.1. The van der Waals surface area contributed by atoms with Crippen molar-refractivity contribution in [3.8, 4) is 0 Å². The lowest BCUT2D eigenvalue weighted by Crippen LogP contribution is -2.57. The van der Waals surface area contributed by atoms with Crippen molar-refractivity contribution in [3.63, 3.8) is 0 Å². The van der Waals surface area contributed by atoms with Gasteiger partial charge in [0.05, 0.1) is 6.54 Å². The lowest BCUT2D eigenvalue weighted by molar-refractivity contribution is 0.0198. The summed E-state index contributed by atoms with van der Waals surface area (Å²) in [5.41, 5.74) is 0. The number of rotatable bonds is 3. The van der Waals surface area contributed by atoms with E-state index in [0.717, 1.165) is 24.1 Å². The number of nitrogens with zero attached hydrogens (tertiary/aromatic N) is 2. The Morgan fingerprint density at radius 3 is 2.84 bits per heavy atom. The third-order valence-electron chi connectivity index (χ3n) is 4.76. The zero-order valence-electron chi connectivity index (χ0n) is 12.4. The van der Waals surface area contributed by atoms with Gasteiger partial charge in [0.25, 0.3) is 0 Å². The lowest BCUT2D eigenvalue weighted by atomic mass is 9.97. The van der Waals surface area contributed by atoms with Crippen molar-refractivity contribution in [1.82, 2.24) is 9.80 Å². The van der Waals surface area contributed by atoms with E-state index in [-0.39, 0.29) is 0 Å². The molecule has 2 fully saturated rings. The summed E-state index contributed by atoms with van der Waals surface area (Å²) in [4.78, 5) is 5.35. The number of hydrogen-bond acceptors (Lipinski definition) is 3. The van der Waals surface area contributed by atoms with Crippen LogP contribution in [0.1, 0.15) is 38.2 Å². The third kappa shape index (κ3) is 2.72. The molecule has 3 rings (SSSR count). The maximum atomic E-state index is 5.77. The van der Waals surface area contributed by atoms with Crippen LogP contribution in [-0.4, -0.2) is 41.5 Å². The Morgan fingerprint density at radius 1 is 1.32 bits per heavy atom. The summed E-state index contributed by atoms with van der Waals surface area (Å²) in [6.45, 7) is 11.5. The maximum absolute atomic E-state index is 5.77. The smallest absolute Gasteiger partial charge is 0.118 e. The van der Waals surface area contributed by atoms with Crippen molar-refractivity contribution >= 4 is 0 Å². The van der Waals surface area contributed by atoms with Crippen molar-refractivity contribution < 1.29 is 4.42 Å². The van der Waals surface area contributed by atoms with Crippen LogP contribution in [0.5, 0.6) is 0 Å². The molecule has 0 radical (unpaired) electrons. The van der Waals surface area contributed by atoms with Crippen LogP contribution in [0.2, 0.25) is 0 Å². The highest BCUT2D eigenvalue weighted by Crippen LogP contribution is 2.28. The first-order chi connectivity index (χ1) is 9.13. The average molecular weight is 262 g/mol. The Kier molecular flexibility index (Phi) is 3.68. The van der Waals surface area contributed by atoms with Gasteiger partial charge in [0, 0.05) is 25.2 Å². The molecule has 1 aromatic rings. The van der Waals surface area contributed by atoms with Crippen LogP contribution in [0, 0.1) is 12.8 Å². The molecule has 1 aromatic heterocycles. The lowest BCUT2D eigenvalue weighted by Gasteiger charge is -2.45. The standard InChI is InChI=1S/C16H26N2O/c1-12(2)16-11-17-8-4-5-14(17)9-18(16)10-15-7-6-13(3)19-15/h6-7,12,14,16H,4-5,8-11H2,1-3H3. The molecule has 0 bridgehead atoms. The van der Waals surface area contributed by atoms with Gasteiger partial charge < -0.3 is 4.42 Å². The summed E-state index contributed by atoms with van der Waals surface area (Å²) in [6.07, 6.45) is 2.75. The highest BCUT2D eigenvalue weighted by Gasteiger charge is 2.37. The van der Waals surface area contributed by atoms with E-state index in [2.05, 4.69) is 35.8 Å². The molecule has 2 saturated heterocycles. The molecule has 2 atom stereocenters. The molecule has 106 valence electrons. The van der Waals surface area contributed by atoms with Gasteiger partial charge in [-0.05, 0) is 44.4 Å². The summed E-state index contributed by atoms with van der Waals surface area (Å²) < 4.78 is 5.77. The van der Waals surface area contributed by atoms with Gasteiger partial charge in [-0.2, -0.15) is 0 Å². The highest BCUT2D eigenvalue weighted by molar-refractivity contribution is 5.06. The summed E-state index contributed by atoms with van der Waals surface area (Å²) in [5, 5.41) is 0. The molecule has 2 aliphatic rings. The maximum Gasteiger partial charge on any atom is 0.118 e. The van der Waals surface area contributed by atoms with Crippen LogP contribution in [-0.2, 0) is 6.54 Å². The van der Waals surface area contributed by atoms with E-state index in [1.54, 1.807) is 0 Å².